The van der Waals surface area contributed by atoms with E-state index in [1.165, 1.54) is 36.0 Å². The van der Waals surface area contributed by atoms with Crippen LogP contribution in [0.1, 0.15) is 11.1 Å². The smallest absolute Gasteiger partial charge is 0.196 e. The maximum Gasteiger partial charge on any atom is 0.196 e. The van der Waals surface area contributed by atoms with Crippen molar-refractivity contribution in [1.29, 1.82) is 0 Å². The molecule has 7 heteroatoms. The van der Waals surface area contributed by atoms with Crippen LogP contribution in [-0.4, -0.2) is 14.8 Å². The summed E-state index contributed by atoms with van der Waals surface area (Å²) in [7, 11) is 0. The van der Waals surface area contributed by atoms with E-state index < -0.39 is 11.6 Å². The Morgan fingerprint density at radius 2 is 1.52 bits per heavy atom. The number of para-hydroxylation sites is 1. The van der Waals surface area contributed by atoms with Crippen LogP contribution >= 0.6 is 11.8 Å². The van der Waals surface area contributed by atoms with Crippen LogP contribution in [0.25, 0.3) is 17.1 Å². The van der Waals surface area contributed by atoms with Crippen molar-refractivity contribution < 1.29 is 13.2 Å². The van der Waals surface area contributed by atoms with E-state index in [9.17, 15) is 13.2 Å². The van der Waals surface area contributed by atoms with Crippen LogP contribution < -0.4 is 0 Å². The lowest BCUT2D eigenvalue weighted by molar-refractivity contribution is 0.581. The van der Waals surface area contributed by atoms with E-state index in [0.29, 0.717) is 27.9 Å². The molecule has 0 amide bonds. The summed E-state index contributed by atoms with van der Waals surface area (Å²) in [5.74, 6) is -0.686. The zero-order valence-corrected chi connectivity index (χ0v) is 16.3. The fourth-order valence-electron chi connectivity index (χ4n) is 3.02. The molecule has 29 heavy (non-hydrogen) atoms. The summed E-state index contributed by atoms with van der Waals surface area (Å²) in [5.41, 5.74) is 3.11. The van der Waals surface area contributed by atoms with Crippen molar-refractivity contribution in [3.63, 3.8) is 0 Å². The van der Waals surface area contributed by atoms with Crippen LogP contribution in [0, 0.1) is 24.4 Å². The maximum absolute atomic E-state index is 13.5. The quantitative estimate of drug-likeness (QED) is 0.380. The van der Waals surface area contributed by atoms with Crippen LogP contribution in [0.3, 0.4) is 0 Å². The van der Waals surface area contributed by atoms with Gasteiger partial charge in [-0.1, -0.05) is 30.0 Å². The Morgan fingerprint density at radius 1 is 0.828 bits per heavy atom. The first kappa shape index (κ1) is 19.3. The standard InChI is InChI=1S/C22H16F3N3S/c1-14-4-2-3-5-20(14)28-21(16-6-8-17(23)9-7-16)26-27-22(28)29-13-15-10-18(24)12-19(25)11-15/h2-12H,13H2,1H3. The molecule has 0 aliphatic heterocycles. The molecule has 0 saturated carbocycles. The average Bonchev–Trinajstić information content (AvgIpc) is 3.10. The lowest BCUT2D eigenvalue weighted by Crippen LogP contribution is -2.02. The maximum atomic E-state index is 13.5. The van der Waals surface area contributed by atoms with E-state index in [4.69, 9.17) is 0 Å². The molecule has 0 fully saturated rings. The first-order valence-corrected chi connectivity index (χ1v) is 9.85. The van der Waals surface area contributed by atoms with Gasteiger partial charge >= 0.3 is 0 Å². The van der Waals surface area contributed by atoms with Gasteiger partial charge in [-0.3, -0.25) is 4.57 Å². The molecule has 0 aliphatic rings. The van der Waals surface area contributed by atoms with Gasteiger partial charge in [0.05, 0.1) is 5.69 Å². The lowest BCUT2D eigenvalue weighted by atomic mass is 10.1. The first-order valence-electron chi connectivity index (χ1n) is 8.86. The van der Waals surface area contributed by atoms with Crippen molar-refractivity contribution in [3.05, 3.63) is 95.3 Å². The number of nitrogens with zero attached hydrogens (tertiary/aromatic N) is 3. The molecule has 0 saturated heterocycles. The van der Waals surface area contributed by atoms with Crippen LogP contribution in [0.5, 0.6) is 0 Å². The number of aryl methyl sites for hydroxylation is 1. The molecular weight excluding hydrogens is 395 g/mol. The number of thioether (sulfide) groups is 1. The second-order valence-electron chi connectivity index (χ2n) is 6.50. The number of aromatic nitrogens is 3. The number of halogens is 3. The van der Waals surface area contributed by atoms with E-state index in [0.717, 1.165) is 17.3 Å². The third-order valence-corrected chi connectivity index (χ3v) is 5.38. The number of hydrogen-bond donors (Lipinski definition) is 0. The summed E-state index contributed by atoms with van der Waals surface area (Å²) in [5, 5.41) is 9.16. The molecule has 0 bridgehead atoms. The van der Waals surface area contributed by atoms with Crippen molar-refractivity contribution in [2.24, 2.45) is 0 Å². The van der Waals surface area contributed by atoms with Gasteiger partial charge in [-0.25, -0.2) is 13.2 Å². The van der Waals surface area contributed by atoms with Gasteiger partial charge in [-0.15, -0.1) is 10.2 Å². The highest BCUT2D eigenvalue weighted by molar-refractivity contribution is 7.98. The van der Waals surface area contributed by atoms with Gasteiger partial charge in [-0.05, 0) is 60.5 Å². The third kappa shape index (κ3) is 4.19. The van der Waals surface area contributed by atoms with Gasteiger partial charge in [0.1, 0.15) is 17.5 Å². The highest BCUT2D eigenvalue weighted by atomic mass is 32.2. The highest BCUT2D eigenvalue weighted by Crippen LogP contribution is 2.31. The second-order valence-corrected chi connectivity index (χ2v) is 7.44. The Labute approximate surface area is 170 Å². The summed E-state index contributed by atoms with van der Waals surface area (Å²) in [4.78, 5) is 0. The molecule has 0 radical (unpaired) electrons. The van der Waals surface area contributed by atoms with E-state index in [1.807, 2.05) is 35.8 Å². The Kier molecular flexibility index (Phi) is 5.40. The van der Waals surface area contributed by atoms with E-state index in [-0.39, 0.29) is 5.82 Å². The van der Waals surface area contributed by atoms with Crippen molar-refractivity contribution in [2.45, 2.75) is 17.8 Å². The Morgan fingerprint density at radius 3 is 2.21 bits per heavy atom. The number of hydrogen-bond acceptors (Lipinski definition) is 3. The summed E-state index contributed by atoms with van der Waals surface area (Å²) < 4.78 is 42.2. The first-order chi connectivity index (χ1) is 14.0. The fraction of sp³-hybridized carbons (Fsp3) is 0.0909. The number of benzene rings is 3. The normalized spacial score (nSPS) is 11.0. The average molecular weight is 411 g/mol. The molecule has 3 aromatic carbocycles. The fourth-order valence-corrected chi connectivity index (χ4v) is 3.90. The molecule has 4 rings (SSSR count). The van der Waals surface area contributed by atoms with Crippen LogP contribution in [0.2, 0.25) is 0 Å². The topological polar surface area (TPSA) is 30.7 Å². The van der Waals surface area contributed by atoms with Gasteiger partial charge in [0, 0.05) is 17.4 Å². The van der Waals surface area contributed by atoms with Gasteiger partial charge in [-0.2, -0.15) is 0 Å². The zero-order valence-electron chi connectivity index (χ0n) is 15.4. The monoisotopic (exact) mass is 411 g/mol. The van der Waals surface area contributed by atoms with Gasteiger partial charge in [0.2, 0.25) is 0 Å². The number of rotatable bonds is 5. The minimum Gasteiger partial charge on any atom is -0.270 e. The Balaban J connectivity index is 1.75. The molecular formula is C22H16F3N3S. The molecule has 1 heterocycles. The molecule has 4 aromatic rings. The lowest BCUT2D eigenvalue weighted by Gasteiger charge is -2.13. The zero-order chi connectivity index (χ0) is 20.4. The minimum absolute atomic E-state index is 0.322. The van der Waals surface area contributed by atoms with Crippen molar-refractivity contribution in [3.8, 4) is 17.1 Å². The molecule has 3 nitrogen and oxygen atoms in total. The highest BCUT2D eigenvalue weighted by Gasteiger charge is 2.18. The Hall–Kier alpha value is -3.06. The van der Waals surface area contributed by atoms with Crippen molar-refractivity contribution in [1.82, 2.24) is 14.8 Å². The molecule has 0 unspecified atom stereocenters. The summed E-state index contributed by atoms with van der Waals surface area (Å²) >= 11 is 1.32. The summed E-state index contributed by atoms with van der Waals surface area (Å²) in [6.07, 6.45) is 0. The SMILES string of the molecule is Cc1ccccc1-n1c(SCc2cc(F)cc(F)c2)nnc1-c1ccc(F)cc1. The van der Waals surface area contributed by atoms with Crippen molar-refractivity contribution >= 4 is 11.8 Å². The van der Waals surface area contributed by atoms with E-state index in [2.05, 4.69) is 10.2 Å². The van der Waals surface area contributed by atoms with Crippen LogP contribution in [0.15, 0.2) is 71.9 Å². The van der Waals surface area contributed by atoms with Crippen LogP contribution in [-0.2, 0) is 5.75 Å². The molecule has 0 aliphatic carbocycles. The summed E-state index contributed by atoms with van der Waals surface area (Å²) in [6, 6.07) is 17.2. The summed E-state index contributed by atoms with van der Waals surface area (Å²) in [6.45, 7) is 1.97. The predicted octanol–water partition coefficient (Wildman–Crippen LogP) is 5.95. The minimum atomic E-state index is -0.618. The van der Waals surface area contributed by atoms with Gasteiger partial charge in [0.15, 0.2) is 11.0 Å². The third-order valence-electron chi connectivity index (χ3n) is 4.38. The largest absolute Gasteiger partial charge is 0.270 e. The predicted molar refractivity (Wildman–Crippen MR) is 107 cm³/mol. The van der Waals surface area contributed by atoms with Gasteiger partial charge in [0.25, 0.3) is 0 Å². The Bertz CT molecular complexity index is 1140. The van der Waals surface area contributed by atoms with Gasteiger partial charge < -0.3 is 0 Å². The van der Waals surface area contributed by atoms with E-state index in [1.54, 1.807) is 12.1 Å². The van der Waals surface area contributed by atoms with Crippen LogP contribution in [0.4, 0.5) is 13.2 Å². The molecule has 146 valence electrons. The molecule has 1 aromatic heterocycles. The molecule has 0 N–H and O–H groups in total. The molecule has 0 spiro atoms. The second kappa shape index (κ2) is 8.13. The molecule has 0 atom stereocenters. The van der Waals surface area contributed by atoms with Crippen molar-refractivity contribution in [2.75, 3.05) is 0 Å². The van der Waals surface area contributed by atoms with E-state index >= 15 is 0 Å².